The molecule has 0 spiro atoms. The van der Waals surface area contributed by atoms with Gasteiger partial charge in [-0.1, -0.05) is 67.7 Å². The molecular weight excluding hydrogens is 320 g/mol. The lowest BCUT2D eigenvalue weighted by molar-refractivity contribution is 0.395. The zero-order chi connectivity index (χ0) is 17.1. The lowest BCUT2D eigenvalue weighted by atomic mass is 10.3. The monoisotopic (exact) mass is 362 g/mol. The summed E-state index contributed by atoms with van der Waals surface area (Å²) in [5.41, 5.74) is 0. The van der Waals surface area contributed by atoms with E-state index in [0.717, 1.165) is 0 Å². The number of unbranched alkanes of at least 4 members (excludes halogenated alkanes) is 2. The van der Waals surface area contributed by atoms with Gasteiger partial charge in [-0.2, -0.15) is 0 Å². The summed E-state index contributed by atoms with van der Waals surface area (Å²) in [6.45, 7) is 16.3. The van der Waals surface area contributed by atoms with E-state index in [9.17, 15) is 0 Å². The van der Waals surface area contributed by atoms with Crippen LogP contribution in [0.25, 0.3) is 0 Å². The van der Waals surface area contributed by atoms with Gasteiger partial charge in [-0.3, -0.25) is 0 Å². The molecule has 0 amide bonds. The predicted octanol–water partition coefficient (Wildman–Crippen LogP) is 6.44. The van der Waals surface area contributed by atoms with Crippen LogP contribution in [0.15, 0.2) is 0 Å². The van der Waals surface area contributed by atoms with Crippen LogP contribution in [-0.4, -0.2) is 25.9 Å². The van der Waals surface area contributed by atoms with Gasteiger partial charge in [0.25, 0.3) is 0 Å². The van der Waals surface area contributed by atoms with Crippen molar-refractivity contribution in [1.29, 1.82) is 0 Å². The van der Waals surface area contributed by atoms with Crippen LogP contribution in [0.2, 0.25) is 42.3 Å². The van der Waals surface area contributed by atoms with E-state index in [1.54, 1.807) is 0 Å². The Morgan fingerprint density at radius 3 is 1.23 bits per heavy atom. The van der Waals surface area contributed by atoms with E-state index in [0.29, 0.717) is 0 Å². The van der Waals surface area contributed by atoms with Crippen LogP contribution in [0.5, 0.6) is 0 Å². The molecule has 2 nitrogen and oxygen atoms in total. The van der Waals surface area contributed by atoms with E-state index in [2.05, 4.69) is 48.5 Å². The Kier molecular flexibility index (Phi) is 12.3. The number of hydrogen-bond acceptors (Lipinski definition) is 2. The summed E-state index contributed by atoms with van der Waals surface area (Å²) < 4.78 is 13.8. The molecule has 0 unspecified atom stereocenters. The zero-order valence-electron chi connectivity index (χ0n) is 16.5. The van der Waals surface area contributed by atoms with Crippen molar-refractivity contribution in [3.63, 3.8) is 0 Å². The number of hydrogen-bond donors (Lipinski definition) is 0. The minimum atomic E-state index is -1.52. The average molecular weight is 363 g/mol. The van der Waals surface area contributed by atoms with Crippen molar-refractivity contribution in [3.8, 4) is 0 Å². The van der Waals surface area contributed by atoms with Gasteiger partial charge in [0.05, 0.1) is 0 Å². The molecule has 0 aliphatic rings. The molecule has 0 saturated heterocycles. The fraction of sp³-hybridized carbons (Fsp3) is 1.00. The molecule has 0 N–H and O–H groups in total. The van der Waals surface area contributed by atoms with Crippen LogP contribution in [0.4, 0.5) is 0 Å². The van der Waals surface area contributed by atoms with Crippen LogP contribution >= 0.6 is 0 Å². The first kappa shape index (κ1) is 22.6. The van der Waals surface area contributed by atoms with Gasteiger partial charge in [-0.05, 0) is 42.3 Å². The van der Waals surface area contributed by atoms with E-state index in [4.69, 9.17) is 8.23 Å². The first-order valence-electron chi connectivity index (χ1n) is 9.86. The van der Waals surface area contributed by atoms with Crippen molar-refractivity contribution in [1.82, 2.24) is 0 Å². The van der Waals surface area contributed by atoms with Crippen molar-refractivity contribution in [2.75, 3.05) is 0 Å². The van der Waals surface area contributed by atoms with Crippen LogP contribution in [-0.2, 0) is 8.23 Å². The molecule has 0 aliphatic heterocycles. The Balaban J connectivity index is 5.01. The molecule has 22 heavy (non-hydrogen) atoms. The molecule has 0 aliphatic carbocycles. The molecule has 0 saturated carbocycles. The third-order valence-corrected chi connectivity index (χ3v) is 20.4. The first-order chi connectivity index (χ1) is 10.5. The quantitative estimate of drug-likeness (QED) is 0.261. The third-order valence-electron chi connectivity index (χ3n) is 5.67. The molecule has 0 heterocycles. The highest BCUT2D eigenvalue weighted by molar-refractivity contribution is 6.83. The van der Waals surface area contributed by atoms with Crippen LogP contribution in [0.1, 0.15) is 67.7 Å². The van der Waals surface area contributed by atoms with Gasteiger partial charge in [-0.25, -0.2) is 0 Å². The SMILES string of the molecule is CCCCC[SiH](O[Si](CC)(CC)CC)O[Si](CC)(CC)CC. The maximum atomic E-state index is 6.88. The summed E-state index contributed by atoms with van der Waals surface area (Å²) in [6.07, 6.45) is 3.92. The molecule has 0 aromatic carbocycles. The Morgan fingerprint density at radius 1 is 0.591 bits per heavy atom. The van der Waals surface area contributed by atoms with Crippen LogP contribution in [0.3, 0.4) is 0 Å². The molecule has 0 aromatic heterocycles. The Labute approximate surface area is 144 Å². The molecule has 0 radical (unpaired) electrons. The van der Waals surface area contributed by atoms with Crippen molar-refractivity contribution in [2.24, 2.45) is 0 Å². The summed E-state index contributed by atoms with van der Waals surface area (Å²) in [7, 11) is -4.54. The zero-order valence-corrected chi connectivity index (χ0v) is 19.6. The summed E-state index contributed by atoms with van der Waals surface area (Å²) >= 11 is 0. The second kappa shape index (κ2) is 12.0. The summed E-state index contributed by atoms with van der Waals surface area (Å²) in [4.78, 5) is 0. The van der Waals surface area contributed by atoms with Crippen LogP contribution in [0, 0.1) is 0 Å². The first-order valence-corrected chi connectivity index (χ1v) is 16.7. The van der Waals surface area contributed by atoms with Crippen molar-refractivity contribution in [3.05, 3.63) is 0 Å². The standard InChI is InChI=1S/C17H42O2Si3/c1-8-15-16-17-20(18-21(9-2,10-3)11-4)19-22(12-5,13-6)14-7/h20H,8-17H2,1-7H3. The van der Waals surface area contributed by atoms with Gasteiger partial charge < -0.3 is 8.23 Å². The second-order valence-electron chi connectivity index (χ2n) is 6.65. The van der Waals surface area contributed by atoms with Gasteiger partial charge in [0, 0.05) is 0 Å². The molecule has 0 bridgehead atoms. The van der Waals surface area contributed by atoms with Gasteiger partial charge >= 0.3 is 9.28 Å². The Hall–Kier alpha value is 0.571. The van der Waals surface area contributed by atoms with E-state index in [-0.39, 0.29) is 0 Å². The highest BCUT2D eigenvalue weighted by Gasteiger charge is 2.37. The summed E-state index contributed by atoms with van der Waals surface area (Å²) in [5.74, 6) is 0. The van der Waals surface area contributed by atoms with Crippen molar-refractivity contribution >= 4 is 25.9 Å². The lowest BCUT2D eigenvalue weighted by Gasteiger charge is -2.38. The fourth-order valence-electron chi connectivity index (χ4n) is 3.26. The predicted molar refractivity (Wildman–Crippen MR) is 108 cm³/mol. The minimum Gasteiger partial charge on any atom is -0.438 e. The highest BCUT2D eigenvalue weighted by atomic mass is 28.4. The smallest absolute Gasteiger partial charge is 0.300 e. The van der Waals surface area contributed by atoms with E-state index >= 15 is 0 Å². The molecule has 134 valence electrons. The highest BCUT2D eigenvalue weighted by Crippen LogP contribution is 2.29. The molecule has 0 fully saturated rings. The molecule has 0 aromatic rings. The van der Waals surface area contributed by atoms with Gasteiger partial charge in [0.15, 0.2) is 16.6 Å². The third kappa shape index (κ3) is 6.99. The van der Waals surface area contributed by atoms with Crippen molar-refractivity contribution < 1.29 is 8.23 Å². The van der Waals surface area contributed by atoms with Crippen LogP contribution < -0.4 is 0 Å². The van der Waals surface area contributed by atoms with Gasteiger partial charge in [0.2, 0.25) is 0 Å². The Bertz CT molecular complexity index is 228. The van der Waals surface area contributed by atoms with Gasteiger partial charge in [-0.15, -0.1) is 0 Å². The van der Waals surface area contributed by atoms with E-state index in [1.165, 1.54) is 61.6 Å². The second-order valence-corrected chi connectivity index (χ2v) is 18.9. The van der Waals surface area contributed by atoms with E-state index < -0.39 is 25.9 Å². The fourth-order valence-corrected chi connectivity index (χ4v) is 16.9. The van der Waals surface area contributed by atoms with E-state index in [1.807, 2.05) is 0 Å². The molecule has 5 heteroatoms. The average Bonchev–Trinajstić information content (AvgIpc) is 2.57. The lowest BCUT2D eigenvalue weighted by Crippen LogP contribution is -2.49. The van der Waals surface area contributed by atoms with Crippen molar-refractivity contribution in [2.45, 2.75) is 110 Å². The molecular formula is C17H42O2Si3. The number of rotatable bonds is 14. The normalized spacial score (nSPS) is 13.1. The maximum absolute atomic E-state index is 6.88. The molecule has 0 rings (SSSR count). The summed E-state index contributed by atoms with van der Waals surface area (Å²) in [5, 5.41) is 0. The Morgan fingerprint density at radius 2 is 0.955 bits per heavy atom. The minimum absolute atomic E-state index is 1.23. The largest absolute Gasteiger partial charge is 0.438 e. The molecule has 0 atom stereocenters. The van der Waals surface area contributed by atoms with Gasteiger partial charge in [0.1, 0.15) is 0 Å². The maximum Gasteiger partial charge on any atom is 0.300 e. The topological polar surface area (TPSA) is 18.5 Å². The summed E-state index contributed by atoms with van der Waals surface area (Å²) in [6, 6.07) is 8.73.